The van der Waals surface area contributed by atoms with Gasteiger partial charge >= 0.3 is 0 Å². The van der Waals surface area contributed by atoms with Gasteiger partial charge in [0.15, 0.2) is 5.75 Å². The number of methoxy groups -OCH3 is 1. The van der Waals surface area contributed by atoms with Gasteiger partial charge in [-0.2, -0.15) is 5.10 Å². The second-order valence-corrected chi connectivity index (χ2v) is 4.71. The number of carbonyl (C=O) groups is 1. The number of aromatic nitrogens is 2. The lowest BCUT2D eigenvalue weighted by Crippen LogP contribution is -2.46. The van der Waals surface area contributed by atoms with Crippen LogP contribution in [0, 0.1) is 0 Å². The van der Waals surface area contributed by atoms with Crippen LogP contribution in [-0.4, -0.2) is 59.9 Å². The van der Waals surface area contributed by atoms with E-state index in [1.165, 1.54) is 0 Å². The number of ketones is 1. The fourth-order valence-electron chi connectivity index (χ4n) is 2.38. The van der Waals surface area contributed by atoms with Gasteiger partial charge in [-0.1, -0.05) is 6.92 Å². The second kappa shape index (κ2) is 6.16. The van der Waals surface area contributed by atoms with E-state index in [-0.39, 0.29) is 5.78 Å². The van der Waals surface area contributed by atoms with E-state index in [0.717, 1.165) is 19.5 Å². The molecule has 1 saturated heterocycles. The summed E-state index contributed by atoms with van der Waals surface area (Å²) in [5, 5.41) is 4.06. The molecule has 1 aromatic rings. The fraction of sp³-hybridized carbons (Fsp3) is 0.692. The molecule has 0 saturated carbocycles. The predicted molar refractivity (Wildman–Crippen MR) is 70.6 cm³/mol. The molecule has 2 heterocycles. The van der Waals surface area contributed by atoms with Gasteiger partial charge < -0.3 is 9.47 Å². The molecule has 2 rings (SSSR count). The molecule has 0 N–H and O–H groups in total. The van der Waals surface area contributed by atoms with Crippen LogP contribution in [0.3, 0.4) is 0 Å². The summed E-state index contributed by atoms with van der Waals surface area (Å²) in [5.41, 5.74) is 0.478. The number of carbonyl (C=O) groups excluding carboxylic acids is 1. The number of hydrogen-bond donors (Lipinski definition) is 0. The first-order chi connectivity index (χ1) is 9.17. The van der Waals surface area contributed by atoms with E-state index < -0.39 is 6.10 Å². The van der Waals surface area contributed by atoms with Crippen LogP contribution in [0.15, 0.2) is 6.20 Å². The van der Waals surface area contributed by atoms with Gasteiger partial charge in [-0.15, -0.1) is 0 Å². The standard InChI is InChI=1S/C13H21N3O3/c1-4-5-16-6-7-19-11(9-16)13(17)12-10(18-3)8-14-15(12)2/h8,11H,4-7,9H2,1-3H3. The van der Waals surface area contributed by atoms with Crippen molar-refractivity contribution < 1.29 is 14.3 Å². The van der Waals surface area contributed by atoms with Gasteiger partial charge in [0.05, 0.1) is 19.9 Å². The largest absolute Gasteiger partial charge is 0.493 e. The Morgan fingerprint density at radius 3 is 3.11 bits per heavy atom. The molecule has 106 valence electrons. The number of Topliss-reactive ketones (excluding diaryl/α,β-unsaturated/α-hetero) is 1. The third kappa shape index (κ3) is 2.96. The van der Waals surface area contributed by atoms with Crippen LogP contribution in [0.5, 0.6) is 5.75 Å². The van der Waals surface area contributed by atoms with Crippen LogP contribution in [-0.2, 0) is 11.8 Å². The van der Waals surface area contributed by atoms with Gasteiger partial charge in [-0.3, -0.25) is 14.4 Å². The zero-order valence-electron chi connectivity index (χ0n) is 11.8. The number of aryl methyl sites for hydroxylation is 1. The summed E-state index contributed by atoms with van der Waals surface area (Å²) >= 11 is 0. The Morgan fingerprint density at radius 1 is 1.63 bits per heavy atom. The monoisotopic (exact) mass is 267 g/mol. The second-order valence-electron chi connectivity index (χ2n) is 4.71. The van der Waals surface area contributed by atoms with E-state index in [1.54, 1.807) is 25.0 Å². The maximum atomic E-state index is 12.5. The zero-order valence-corrected chi connectivity index (χ0v) is 11.8. The number of hydrogen-bond acceptors (Lipinski definition) is 5. The van der Waals surface area contributed by atoms with Crippen molar-refractivity contribution in [3.05, 3.63) is 11.9 Å². The molecule has 0 bridgehead atoms. The molecule has 1 aliphatic heterocycles. The summed E-state index contributed by atoms with van der Waals surface area (Å²) in [6, 6.07) is 0. The van der Waals surface area contributed by atoms with Crippen LogP contribution >= 0.6 is 0 Å². The molecule has 0 amide bonds. The maximum Gasteiger partial charge on any atom is 0.214 e. The summed E-state index contributed by atoms with van der Waals surface area (Å²) < 4.78 is 12.3. The maximum absolute atomic E-state index is 12.5. The van der Waals surface area contributed by atoms with Crippen molar-refractivity contribution >= 4 is 5.78 Å². The highest BCUT2D eigenvalue weighted by Gasteiger charge is 2.31. The van der Waals surface area contributed by atoms with Crippen LogP contribution in [0.1, 0.15) is 23.8 Å². The normalized spacial score (nSPS) is 20.5. The van der Waals surface area contributed by atoms with Gasteiger partial charge in [-0.25, -0.2) is 0 Å². The Balaban J connectivity index is 2.12. The number of nitrogens with zero attached hydrogens (tertiary/aromatic N) is 3. The number of morpholine rings is 1. The Kier molecular flexibility index (Phi) is 4.55. The van der Waals surface area contributed by atoms with Crippen molar-refractivity contribution in [2.45, 2.75) is 19.4 Å². The third-order valence-corrected chi connectivity index (χ3v) is 3.34. The van der Waals surface area contributed by atoms with Crippen molar-refractivity contribution in [2.24, 2.45) is 7.05 Å². The van der Waals surface area contributed by atoms with E-state index >= 15 is 0 Å². The van der Waals surface area contributed by atoms with Gasteiger partial charge in [-0.05, 0) is 13.0 Å². The molecule has 0 radical (unpaired) electrons. The van der Waals surface area contributed by atoms with E-state index in [2.05, 4.69) is 16.9 Å². The third-order valence-electron chi connectivity index (χ3n) is 3.34. The van der Waals surface area contributed by atoms with Crippen molar-refractivity contribution in [2.75, 3.05) is 33.4 Å². The smallest absolute Gasteiger partial charge is 0.214 e. The molecule has 1 atom stereocenters. The zero-order chi connectivity index (χ0) is 13.8. The minimum absolute atomic E-state index is 0.0577. The van der Waals surface area contributed by atoms with Crippen molar-refractivity contribution in [1.29, 1.82) is 0 Å². The van der Waals surface area contributed by atoms with E-state index in [0.29, 0.717) is 24.6 Å². The number of rotatable bonds is 5. The van der Waals surface area contributed by atoms with Gasteiger partial charge in [0.2, 0.25) is 5.78 Å². The number of ether oxygens (including phenoxy) is 2. The molecule has 1 unspecified atom stereocenters. The first kappa shape index (κ1) is 14.0. The average molecular weight is 267 g/mol. The van der Waals surface area contributed by atoms with Crippen molar-refractivity contribution in [3.63, 3.8) is 0 Å². The van der Waals surface area contributed by atoms with Crippen LogP contribution in [0.4, 0.5) is 0 Å². The van der Waals surface area contributed by atoms with Crippen molar-refractivity contribution in [3.8, 4) is 5.75 Å². The summed E-state index contributed by atoms with van der Waals surface area (Å²) in [4.78, 5) is 14.8. The van der Waals surface area contributed by atoms with Gasteiger partial charge in [0.25, 0.3) is 0 Å². The van der Waals surface area contributed by atoms with E-state index in [1.807, 2.05) is 0 Å². The molecule has 19 heavy (non-hydrogen) atoms. The Morgan fingerprint density at radius 2 is 2.42 bits per heavy atom. The summed E-state index contributed by atoms with van der Waals surface area (Å²) in [6.07, 6.45) is 2.21. The molecular formula is C13H21N3O3. The summed E-state index contributed by atoms with van der Waals surface area (Å²) in [6.45, 7) is 5.25. The molecule has 0 aromatic carbocycles. The Bertz CT molecular complexity index is 442. The molecule has 6 heteroatoms. The highest BCUT2D eigenvalue weighted by Crippen LogP contribution is 2.20. The van der Waals surface area contributed by atoms with E-state index in [4.69, 9.17) is 9.47 Å². The summed E-state index contributed by atoms with van der Waals surface area (Å²) in [7, 11) is 3.28. The minimum atomic E-state index is -0.426. The lowest BCUT2D eigenvalue weighted by molar-refractivity contribution is -0.0169. The first-order valence-corrected chi connectivity index (χ1v) is 6.61. The van der Waals surface area contributed by atoms with Crippen molar-refractivity contribution in [1.82, 2.24) is 14.7 Å². The molecule has 1 fully saturated rings. The van der Waals surface area contributed by atoms with Crippen LogP contribution in [0.25, 0.3) is 0 Å². The average Bonchev–Trinajstić information content (AvgIpc) is 2.80. The van der Waals surface area contributed by atoms with E-state index in [9.17, 15) is 4.79 Å². The minimum Gasteiger partial charge on any atom is -0.493 e. The molecule has 1 aromatic heterocycles. The fourth-order valence-corrected chi connectivity index (χ4v) is 2.38. The Labute approximate surface area is 113 Å². The van der Waals surface area contributed by atoms with Crippen LogP contribution < -0.4 is 4.74 Å². The highest BCUT2D eigenvalue weighted by atomic mass is 16.5. The Hall–Kier alpha value is -1.40. The lowest BCUT2D eigenvalue weighted by atomic mass is 10.1. The first-order valence-electron chi connectivity index (χ1n) is 6.61. The molecule has 6 nitrogen and oxygen atoms in total. The lowest BCUT2D eigenvalue weighted by Gasteiger charge is -2.31. The van der Waals surface area contributed by atoms with Gasteiger partial charge in [0.1, 0.15) is 11.8 Å². The molecular weight excluding hydrogens is 246 g/mol. The van der Waals surface area contributed by atoms with Gasteiger partial charge in [0, 0.05) is 20.1 Å². The summed E-state index contributed by atoms with van der Waals surface area (Å²) in [5.74, 6) is 0.446. The quantitative estimate of drug-likeness (QED) is 0.736. The van der Waals surface area contributed by atoms with Crippen LogP contribution in [0.2, 0.25) is 0 Å². The molecule has 0 aliphatic carbocycles. The molecule has 1 aliphatic rings. The highest BCUT2D eigenvalue weighted by molar-refractivity contribution is 6.00. The predicted octanol–water partition coefficient (Wildman–Crippen LogP) is 0.722. The molecule has 0 spiro atoms. The topological polar surface area (TPSA) is 56.6 Å². The SMILES string of the molecule is CCCN1CCOC(C(=O)c2c(OC)cnn2C)C1.